The summed E-state index contributed by atoms with van der Waals surface area (Å²) in [4.78, 5) is 37.7. The lowest BCUT2D eigenvalue weighted by Gasteiger charge is -2.19. The molecule has 7 nitrogen and oxygen atoms in total. The van der Waals surface area contributed by atoms with Gasteiger partial charge in [0.2, 0.25) is 5.91 Å². The zero-order valence-corrected chi connectivity index (χ0v) is 18.0. The molecular weight excluding hydrogens is 378 g/mol. The molecule has 2 heterocycles. The van der Waals surface area contributed by atoms with E-state index in [-0.39, 0.29) is 18.0 Å². The van der Waals surface area contributed by atoms with Gasteiger partial charge in [-0.15, -0.1) is 0 Å². The van der Waals surface area contributed by atoms with Crippen LogP contribution >= 0.6 is 0 Å². The van der Waals surface area contributed by atoms with Crippen LogP contribution in [-0.4, -0.2) is 34.5 Å². The number of carbonyl (C=O) groups excluding carboxylic acids is 1. The lowest BCUT2D eigenvalue weighted by Crippen LogP contribution is -2.31. The molecule has 1 aromatic carbocycles. The molecule has 0 unspecified atom stereocenters. The molecule has 0 radical (unpaired) electrons. The predicted octanol–water partition coefficient (Wildman–Crippen LogP) is 3.39. The highest BCUT2D eigenvalue weighted by atomic mass is 16.2. The molecule has 0 aliphatic carbocycles. The molecule has 7 heteroatoms. The summed E-state index contributed by atoms with van der Waals surface area (Å²) in [5, 5.41) is 3.00. The van der Waals surface area contributed by atoms with Crippen molar-refractivity contribution in [3.63, 3.8) is 0 Å². The van der Waals surface area contributed by atoms with Crippen molar-refractivity contribution in [3.05, 3.63) is 69.3 Å². The van der Waals surface area contributed by atoms with Crippen molar-refractivity contribution in [3.8, 4) is 11.4 Å². The second kappa shape index (κ2) is 8.90. The van der Waals surface area contributed by atoms with Gasteiger partial charge in [-0.1, -0.05) is 24.6 Å². The van der Waals surface area contributed by atoms with Gasteiger partial charge in [0.25, 0.3) is 5.56 Å². The number of carbonyl (C=O) groups is 1. The number of hydrogen-bond donors (Lipinski definition) is 2. The molecule has 2 aromatic heterocycles. The summed E-state index contributed by atoms with van der Waals surface area (Å²) in [6.07, 6.45) is 2.33. The topological polar surface area (TPSA) is 91.0 Å². The Morgan fingerprint density at radius 1 is 1.13 bits per heavy atom. The molecule has 0 saturated carbocycles. The Bertz CT molecular complexity index is 1100. The third-order valence-electron chi connectivity index (χ3n) is 4.89. The van der Waals surface area contributed by atoms with Gasteiger partial charge >= 0.3 is 0 Å². The van der Waals surface area contributed by atoms with E-state index in [9.17, 15) is 9.59 Å². The minimum Gasteiger partial charge on any atom is -0.350 e. The molecule has 3 rings (SSSR count). The van der Waals surface area contributed by atoms with Crippen molar-refractivity contribution in [2.45, 2.75) is 34.1 Å². The molecule has 0 atom stereocenters. The van der Waals surface area contributed by atoms with Crippen LogP contribution in [-0.2, 0) is 11.2 Å². The summed E-state index contributed by atoms with van der Waals surface area (Å²) in [5.74, 6) is 1.03. The van der Waals surface area contributed by atoms with Crippen LogP contribution in [0, 0.1) is 20.8 Å². The second-order valence-corrected chi connectivity index (χ2v) is 7.52. The van der Waals surface area contributed by atoms with Crippen molar-refractivity contribution in [2.75, 3.05) is 23.8 Å². The number of pyridine rings is 1. The number of nitrogens with one attached hydrogen (secondary N) is 2. The average Bonchev–Trinajstić information content (AvgIpc) is 2.70. The first-order chi connectivity index (χ1) is 14.3. The van der Waals surface area contributed by atoms with Crippen molar-refractivity contribution < 1.29 is 4.79 Å². The number of likely N-dealkylation sites (N-methyl/N-ethyl adjacent to an activating group) is 1. The van der Waals surface area contributed by atoms with E-state index in [1.54, 1.807) is 11.1 Å². The highest BCUT2D eigenvalue weighted by molar-refractivity contribution is 5.95. The quantitative estimate of drug-likeness (QED) is 0.656. The molecule has 3 aromatic rings. The fourth-order valence-electron chi connectivity index (χ4n) is 3.43. The molecule has 0 aliphatic rings. The first-order valence-corrected chi connectivity index (χ1v) is 9.92. The molecule has 1 amide bonds. The van der Waals surface area contributed by atoms with Crippen LogP contribution in [0.1, 0.15) is 29.3 Å². The third-order valence-corrected chi connectivity index (χ3v) is 4.89. The maximum Gasteiger partial charge on any atom is 0.251 e. The lowest BCUT2D eigenvalue weighted by atomic mass is 10.1. The molecular formula is C23H27N5O2. The predicted molar refractivity (Wildman–Crippen MR) is 120 cm³/mol. The van der Waals surface area contributed by atoms with E-state index in [1.807, 2.05) is 46.9 Å². The number of anilines is 2. The number of aryl methyl sites for hydroxylation is 4. The Morgan fingerprint density at radius 3 is 2.43 bits per heavy atom. The van der Waals surface area contributed by atoms with Crippen molar-refractivity contribution in [2.24, 2.45) is 0 Å². The maximum absolute atomic E-state index is 12.6. The minimum absolute atomic E-state index is 0.111. The number of nitrogens with zero attached hydrogens (tertiary/aromatic N) is 3. The summed E-state index contributed by atoms with van der Waals surface area (Å²) in [7, 11) is 1.81. The van der Waals surface area contributed by atoms with Gasteiger partial charge in [0.1, 0.15) is 11.6 Å². The van der Waals surface area contributed by atoms with Crippen molar-refractivity contribution in [1.29, 1.82) is 0 Å². The second-order valence-electron chi connectivity index (χ2n) is 7.52. The van der Waals surface area contributed by atoms with E-state index in [1.165, 1.54) is 11.6 Å². The molecule has 0 bridgehead atoms. The summed E-state index contributed by atoms with van der Waals surface area (Å²) in [6, 6.07) is 9.25. The molecule has 0 saturated heterocycles. The van der Waals surface area contributed by atoms with Gasteiger partial charge in [-0.3, -0.25) is 9.59 Å². The van der Waals surface area contributed by atoms with Gasteiger partial charge < -0.3 is 15.2 Å². The number of benzene rings is 1. The molecule has 0 spiro atoms. The van der Waals surface area contributed by atoms with E-state index >= 15 is 0 Å². The van der Waals surface area contributed by atoms with Gasteiger partial charge in [0.15, 0.2) is 0 Å². The summed E-state index contributed by atoms with van der Waals surface area (Å²) in [6.45, 7) is 8.14. The number of H-pyrrole nitrogens is 1. The van der Waals surface area contributed by atoms with Crippen LogP contribution in [0.3, 0.4) is 0 Å². The normalized spacial score (nSPS) is 10.7. The lowest BCUT2D eigenvalue weighted by molar-refractivity contribution is -0.114. The maximum atomic E-state index is 12.6. The number of rotatable bonds is 6. The van der Waals surface area contributed by atoms with E-state index < -0.39 is 0 Å². The zero-order valence-electron chi connectivity index (χ0n) is 18.0. The Hall–Kier alpha value is -3.48. The highest BCUT2D eigenvalue weighted by Gasteiger charge is 2.12. The first kappa shape index (κ1) is 21.2. The van der Waals surface area contributed by atoms with Crippen LogP contribution in [0.15, 0.2) is 41.3 Å². The van der Waals surface area contributed by atoms with Gasteiger partial charge in [-0.05, 0) is 50.5 Å². The monoisotopic (exact) mass is 405 g/mol. The van der Waals surface area contributed by atoms with Crippen LogP contribution in [0.25, 0.3) is 11.4 Å². The van der Waals surface area contributed by atoms with E-state index in [0.29, 0.717) is 18.1 Å². The fourth-order valence-corrected chi connectivity index (χ4v) is 3.43. The molecule has 0 fully saturated rings. The Morgan fingerprint density at radius 2 is 1.83 bits per heavy atom. The molecule has 156 valence electrons. The zero-order chi connectivity index (χ0) is 21.8. The average molecular weight is 406 g/mol. The number of aromatic amines is 1. The van der Waals surface area contributed by atoms with Crippen molar-refractivity contribution >= 4 is 17.4 Å². The van der Waals surface area contributed by atoms with E-state index in [2.05, 4.69) is 32.4 Å². The smallest absolute Gasteiger partial charge is 0.251 e. The van der Waals surface area contributed by atoms with E-state index in [0.717, 1.165) is 28.1 Å². The standard InChI is InChI=1S/C23H27N5O2/c1-6-18-11-20(29)27-23(25-18)17-7-8-19(24-12-17)28(5)13-21(30)26-22-15(3)9-14(2)10-16(22)4/h7-12H,6,13H2,1-5H3,(H,26,30)(H,25,27,29). The van der Waals surface area contributed by atoms with Gasteiger partial charge in [-0.2, -0.15) is 0 Å². The van der Waals surface area contributed by atoms with Crippen molar-refractivity contribution in [1.82, 2.24) is 15.0 Å². The SMILES string of the molecule is CCc1cc(=O)[nH]c(-c2ccc(N(C)CC(=O)Nc3c(C)cc(C)cc3C)nc2)n1. The number of amides is 1. The first-order valence-electron chi connectivity index (χ1n) is 9.92. The Kier molecular flexibility index (Phi) is 6.30. The fraction of sp³-hybridized carbons (Fsp3) is 0.304. The van der Waals surface area contributed by atoms with Gasteiger partial charge in [0, 0.05) is 36.3 Å². The molecule has 2 N–H and O–H groups in total. The van der Waals surface area contributed by atoms with Crippen LogP contribution < -0.4 is 15.8 Å². The van der Waals surface area contributed by atoms with Gasteiger partial charge in [-0.25, -0.2) is 9.97 Å². The Labute approximate surface area is 176 Å². The van der Waals surface area contributed by atoms with Gasteiger partial charge in [0.05, 0.1) is 6.54 Å². The van der Waals surface area contributed by atoms with Crippen LogP contribution in [0.4, 0.5) is 11.5 Å². The number of hydrogen-bond acceptors (Lipinski definition) is 5. The van der Waals surface area contributed by atoms with Crippen LogP contribution in [0.2, 0.25) is 0 Å². The molecule has 0 aliphatic heterocycles. The summed E-state index contributed by atoms with van der Waals surface area (Å²) < 4.78 is 0. The highest BCUT2D eigenvalue weighted by Crippen LogP contribution is 2.22. The minimum atomic E-state index is -0.184. The largest absolute Gasteiger partial charge is 0.350 e. The summed E-state index contributed by atoms with van der Waals surface area (Å²) >= 11 is 0. The van der Waals surface area contributed by atoms with Crippen LogP contribution in [0.5, 0.6) is 0 Å². The number of aromatic nitrogens is 3. The Balaban J connectivity index is 1.70. The molecule has 30 heavy (non-hydrogen) atoms. The van der Waals surface area contributed by atoms with E-state index in [4.69, 9.17) is 0 Å². The summed E-state index contributed by atoms with van der Waals surface area (Å²) in [5.41, 5.74) is 5.38. The third kappa shape index (κ3) is 4.92.